The van der Waals surface area contributed by atoms with Gasteiger partial charge in [0.2, 0.25) is 0 Å². The second-order valence-corrected chi connectivity index (χ2v) is 6.83. The summed E-state index contributed by atoms with van der Waals surface area (Å²) >= 11 is 1.23. The topological polar surface area (TPSA) is 80.6 Å². The van der Waals surface area contributed by atoms with Gasteiger partial charge in [-0.3, -0.25) is 9.59 Å². The van der Waals surface area contributed by atoms with Crippen molar-refractivity contribution in [1.29, 1.82) is 0 Å². The molecule has 0 aliphatic heterocycles. The Kier molecular flexibility index (Phi) is 5.93. The van der Waals surface area contributed by atoms with Crippen molar-refractivity contribution in [2.75, 3.05) is 11.9 Å². The van der Waals surface area contributed by atoms with Gasteiger partial charge in [0.05, 0.1) is 22.7 Å². The molecule has 0 aliphatic rings. The van der Waals surface area contributed by atoms with Crippen LogP contribution in [0.2, 0.25) is 0 Å². The van der Waals surface area contributed by atoms with Crippen LogP contribution in [0.25, 0.3) is 0 Å². The maximum atomic E-state index is 12.6. The molecule has 0 spiro atoms. The van der Waals surface area contributed by atoms with Crippen LogP contribution in [0, 0.1) is 6.92 Å². The van der Waals surface area contributed by atoms with Gasteiger partial charge in [0, 0.05) is 12.1 Å². The number of aryl methyl sites for hydroxylation is 1. The number of carbonyl (C=O) groups is 2. The summed E-state index contributed by atoms with van der Waals surface area (Å²) in [6.07, 6.45) is 1.44. The van der Waals surface area contributed by atoms with E-state index in [9.17, 15) is 9.59 Å². The maximum Gasteiger partial charge on any atom is 0.291 e. The van der Waals surface area contributed by atoms with Gasteiger partial charge in [-0.15, -0.1) is 11.3 Å². The standard InChI is InChI=1S/C20H20N2O4S/c1-3-25-15-8-5-4-7-14(15)12-21-20(24)18-13(2)11-17(27-18)22-19(23)16-9-6-10-26-16/h4-11H,3,12H2,1-2H3,(H,21,24)(H,22,23). The Morgan fingerprint density at radius 2 is 1.96 bits per heavy atom. The molecule has 6 nitrogen and oxygen atoms in total. The van der Waals surface area contributed by atoms with Crippen LogP contribution < -0.4 is 15.4 Å². The quantitative estimate of drug-likeness (QED) is 0.639. The van der Waals surface area contributed by atoms with Crippen LogP contribution in [0.15, 0.2) is 53.1 Å². The van der Waals surface area contributed by atoms with Gasteiger partial charge in [0.15, 0.2) is 5.76 Å². The Labute approximate surface area is 161 Å². The molecule has 27 heavy (non-hydrogen) atoms. The lowest BCUT2D eigenvalue weighted by molar-refractivity contribution is 0.0952. The normalized spacial score (nSPS) is 10.4. The molecule has 0 atom stereocenters. The van der Waals surface area contributed by atoms with Gasteiger partial charge >= 0.3 is 0 Å². The summed E-state index contributed by atoms with van der Waals surface area (Å²) < 4.78 is 10.6. The minimum Gasteiger partial charge on any atom is -0.494 e. The predicted molar refractivity (Wildman–Crippen MR) is 104 cm³/mol. The Balaban J connectivity index is 1.65. The molecule has 0 unspecified atom stereocenters. The van der Waals surface area contributed by atoms with E-state index in [2.05, 4.69) is 10.6 Å². The first-order chi connectivity index (χ1) is 13.1. The van der Waals surface area contributed by atoms with Crippen LogP contribution >= 0.6 is 11.3 Å². The summed E-state index contributed by atoms with van der Waals surface area (Å²) in [6.45, 7) is 4.68. The summed E-state index contributed by atoms with van der Waals surface area (Å²) in [7, 11) is 0. The van der Waals surface area contributed by atoms with E-state index >= 15 is 0 Å². The molecule has 140 valence electrons. The van der Waals surface area contributed by atoms with Crippen molar-refractivity contribution >= 4 is 28.2 Å². The van der Waals surface area contributed by atoms with E-state index in [1.54, 1.807) is 18.2 Å². The lowest BCUT2D eigenvalue weighted by Gasteiger charge is -2.10. The van der Waals surface area contributed by atoms with Crippen LogP contribution in [-0.4, -0.2) is 18.4 Å². The van der Waals surface area contributed by atoms with Gasteiger partial charge in [-0.05, 0) is 43.7 Å². The van der Waals surface area contributed by atoms with Gasteiger partial charge in [0.1, 0.15) is 5.75 Å². The van der Waals surface area contributed by atoms with Crippen LogP contribution in [-0.2, 0) is 6.54 Å². The van der Waals surface area contributed by atoms with Crippen LogP contribution in [0.4, 0.5) is 5.00 Å². The highest BCUT2D eigenvalue weighted by Gasteiger charge is 2.17. The summed E-state index contributed by atoms with van der Waals surface area (Å²) in [5.41, 5.74) is 1.71. The number of ether oxygens (including phenoxy) is 1. The fraction of sp³-hybridized carbons (Fsp3) is 0.200. The van der Waals surface area contributed by atoms with E-state index in [4.69, 9.17) is 9.15 Å². The number of benzene rings is 1. The average Bonchev–Trinajstić information content (AvgIpc) is 3.31. The van der Waals surface area contributed by atoms with Crippen molar-refractivity contribution in [3.8, 4) is 5.75 Å². The molecule has 2 amide bonds. The largest absolute Gasteiger partial charge is 0.494 e. The van der Waals surface area contributed by atoms with Gasteiger partial charge in [0.25, 0.3) is 11.8 Å². The Morgan fingerprint density at radius 3 is 2.70 bits per heavy atom. The first-order valence-corrected chi connectivity index (χ1v) is 9.34. The molecule has 3 aromatic rings. The molecule has 0 fully saturated rings. The molecule has 1 aromatic carbocycles. The Hall–Kier alpha value is -3.06. The second kappa shape index (κ2) is 8.55. The summed E-state index contributed by atoms with van der Waals surface area (Å²) in [5.74, 6) is 0.440. The van der Waals surface area contributed by atoms with Crippen molar-refractivity contribution in [2.45, 2.75) is 20.4 Å². The van der Waals surface area contributed by atoms with Crippen molar-refractivity contribution in [2.24, 2.45) is 0 Å². The number of amides is 2. The smallest absolute Gasteiger partial charge is 0.291 e. The minimum atomic E-state index is -0.348. The molecule has 0 bridgehead atoms. The molecule has 7 heteroatoms. The highest BCUT2D eigenvalue weighted by Crippen LogP contribution is 2.27. The van der Waals surface area contributed by atoms with Gasteiger partial charge in [-0.25, -0.2) is 0 Å². The number of anilines is 1. The third kappa shape index (κ3) is 4.57. The molecule has 2 heterocycles. The highest BCUT2D eigenvalue weighted by molar-refractivity contribution is 7.18. The molecule has 3 rings (SSSR count). The first-order valence-electron chi connectivity index (χ1n) is 8.52. The average molecular weight is 384 g/mol. The number of hydrogen-bond donors (Lipinski definition) is 2. The number of rotatable bonds is 7. The van der Waals surface area contributed by atoms with E-state index in [-0.39, 0.29) is 17.6 Å². The summed E-state index contributed by atoms with van der Waals surface area (Å²) in [4.78, 5) is 25.2. The SMILES string of the molecule is CCOc1ccccc1CNC(=O)c1sc(NC(=O)c2ccco2)cc1C. The summed E-state index contributed by atoms with van der Waals surface area (Å²) in [6, 6.07) is 12.6. The zero-order valence-corrected chi connectivity index (χ0v) is 15.9. The fourth-order valence-electron chi connectivity index (χ4n) is 2.55. The number of thiophene rings is 1. The van der Waals surface area contributed by atoms with Crippen molar-refractivity contribution < 1.29 is 18.7 Å². The maximum absolute atomic E-state index is 12.6. The Bertz CT molecular complexity index is 931. The van der Waals surface area contributed by atoms with Crippen LogP contribution in [0.3, 0.4) is 0 Å². The van der Waals surface area contributed by atoms with Gasteiger partial charge < -0.3 is 19.8 Å². The first kappa shape index (κ1) is 18.7. The van der Waals surface area contributed by atoms with Gasteiger partial charge in [-0.1, -0.05) is 18.2 Å². The van der Waals surface area contributed by atoms with Crippen molar-refractivity contribution in [3.63, 3.8) is 0 Å². The predicted octanol–water partition coefficient (Wildman–Crippen LogP) is 4.23. The lowest BCUT2D eigenvalue weighted by Crippen LogP contribution is -2.22. The monoisotopic (exact) mass is 384 g/mol. The third-order valence-electron chi connectivity index (χ3n) is 3.82. The van der Waals surface area contributed by atoms with Crippen LogP contribution in [0.5, 0.6) is 5.75 Å². The van der Waals surface area contributed by atoms with E-state index in [1.165, 1.54) is 17.6 Å². The molecule has 2 aromatic heterocycles. The van der Waals surface area contributed by atoms with E-state index in [0.717, 1.165) is 16.9 Å². The zero-order valence-electron chi connectivity index (χ0n) is 15.1. The molecule has 0 saturated carbocycles. The van der Waals surface area contributed by atoms with Crippen molar-refractivity contribution in [3.05, 3.63) is 70.5 Å². The minimum absolute atomic E-state index is 0.192. The molecular formula is C20H20N2O4S. The van der Waals surface area contributed by atoms with Crippen molar-refractivity contribution in [1.82, 2.24) is 5.32 Å². The fourth-order valence-corrected chi connectivity index (χ4v) is 3.54. The van der Waals surface area contributed by atoms with E-state index in [1.807, 2.05) is 38.1 Å². The number of nitrogens with one attached hydrogen (secondary N) is 2. The lowest BCUT2D eigenvalue weighted by atomic mass is 10.2. The second-order valence-electron chi connectivity index (χ2n) is 5.78. The zero-order chi connectivity index (χ0) is 19.2. The summed E-state index contributed by atoms with van der Waals surface area (Å²) in [5, 5.41) is 6.25. The molecule has 0 aliphatic carbocycles. The third-order valence-corrected chi connectivity index (χ3v) is 4.97. The number of carbonyl (C=O) groups excluding carboxylic acids is 2. The molecule has 2 N–H and O–H groups in total. The number of para-hydroxylation sites is 1. The highest BCUT2D eigenvalue weighted by atomic mass is 32.1. The number of hydrogen-bond acceptors (Lipinski definition) is 5. The Morgan fingerprint density at radius 1 is 1.15 bits per heavy atom. The van der Waals surface area contributed by atoms with Crippen LogP contribution in [0.1, 0.15) is 38.3 Å². The molecule has 0 saturated heterocycles. The van der Waals surface area contributed by atoms with E-state index < -0.39 is 0 Å². The molecule has 0 radical (unpaired) electrons. The number of furan rings is 1. The van der Waals surface area contributed by atoms with E-state index in [0.29, 0.717) is 23.0 Å². The van der Waals surface area contributed by atoms with Gasteiger partial charge in [-0.2, -0.15) is 0 Å². The molecular weight excluding hydrogens is 364 g/mol.